The van der Waals surface area contributed by atoms with Crippen LogP contribution in [0.25, 0.3) is 10.4 Å². The van der Waals surface area contributed by atoms with Gasteiger partial charge in [-0.25, -0.2) is 15.0 Å². The van der Waals surface area contributed by atoms with Crippen molar-refractivity contribution >= 4 is 28.9 Å². The number of alkyl halides is 3. The monoisotopic (exact) mass is 570 g/mol. The number of hydrogen-bond acceptors (Lipinski definition) is 8. The number of pyridine rings is 1. The number of aliphatic hydroxyl groups is 1. The Bertz CT molecular complexity index is 1590. The lowest BCUT2D eigenvalue weighted by molar-refractivity contribution is -0.141. The highest BCUT2D eigenvalue weighted by molar-refractivity contribution is 7.15. The van der Waals surface area contributed by atoms with E-state index in [-0.39, 0.29) is 29.2 Å². The number of aryl methyl sites for hydroxylation is 1. The van der Waals surface area contributed by atoms with Crippen molar-refractivity contribution in [2.75, 3.05) is 5.32 Å². The normalized spacial score (nSPS) is 19.3. The number of anilines is 2. The molecule has 0 bridgehead atoms. The quantitative estimate of drug-likeness (QED) is 0.259. The predicted molar refractivity (Wildman–Crippen MR) is 143 cm³/mol. The van der Waals surface area contributed by atoms with Crippen molar-refractivity contribution in [1.29, 1.82) is 0 Å². The molecule has 9 nitrogen and oxygen atoms in total. The van der Waals surface area contributed by atoms with Gasteiger partial charge in [0.25, 0.3) is 5.91 Å². The minimum atomic E-state index is -4.58. The minimum Gasteiger partial charge on any atom is -0.383 e. The van der Waals surface area contributed by atoms with Gasteiger partial charge in [0.05, 0.1) is 4.88 Å². The fourth-order valence-electron chi connectivity index (χ4n) is 4.62. The second kappa shape index (κ2) is 10.8. The van der Waals surface area contributed by atoms with E-state index in [9.17, 15) is 27.9 Å². The van der Waals surface area contributed by atoms with Crippen molar-refractivity contribution in [1.82, 2.24) is 25.3 Å². The fraction of sp³-hybridized carbons (Fsp3) is 0.296. The predicted octanol–water partition coefficient (Wildman–Crippen LogP) is 4.92. The van der Waals surface area contributed by atoms with Crippen LogP contribution in [-0.2, 0) is 11.8 Å². The molecule has 1 aliphatic carbocycles. The van der Waals surface area contributed by atoms with Gasteiger partial charge in [0.2, 0.25) is 11.5 Å². The zero-order chi connectivity index (χ0) is 28.5. The highest BCUT2D eigenvalue weighted by atomic mass is 32.1. The van der Waals surface area contributed by atoms with E-state index in [2.05, 4.69) is 30.6 Å². The average Bonchev–Trinajstić information content (AvgIpc) is 3.41. The van der Waals surface area contributed by atoms with Gasteiger partial charge in [0.15, 0.2) is 0 Å². The van der Waals surface area contributed by atoms with Crippen LogP contribution in [0.2, 0.25) is 0 Å². The highest BCUT2D eigenvalue weighted by Crippen LogP contribution is 2.41. The molecule has 1 fully saturated rings. The van der Waals surface area contributed by atoms with E-state index in [4.69, 9.17) is 0 Å². The molecule has 40 heavy (non-hydrogen) atoms. The molecule has 5 rings (SSSR count). The van der Waals surface area contributed by atoms with Crippen LogP contribution in [0, 0.1) is 6.92 Å². The molecule has 208 valence electrons. The van der Waals surface area contributed by atoms with Crippen LogP contribution in [0.15, 0.2) is 59.7 Å². The van der Waals surface area contributed by atoms with Crippen LogP contribution in [0.1, 0.15) is 52.4 Å². The summed E-state index contributed by atoms with van der Waals surface area (Å²) in [4.78, 5) is 39.2. The van der Waals surface area contributed by atoms with Gasteiger partial charge in [-0.2, -0.15) is 13.2 Å². The summed E-state index contributed by atoms with van der Waals surface area (Å²) in [5, 5.41) is 17.7. The third-order valence-electron chi connectivity index (χ3n) is 6.63. The Balaban J connectivity index is 1.27. The van der Waals surface area contributed by atoms with E-state index < -0.39 is 17.5 Å². The van der Waals surface area contributed by atoms with Crippen molar-refractivity contribution in [2.45, 2.75) is 50.4 Å². The number of hydrogen-bond donors (Lipinski definition) is 4. The van der Waals surface area contributed by atoms with E-state index in [1.165, 1.54) is 29.5 Å². The number of aromatic amines is 1. The Labute approximate surface area is 230 Å². The van der Waals surface area contributed by atoms with Crippen molar-refractivity contribution < 1.29 is 23.1 Å². The molecule has 4 N–H and O–H groups in total. The van der Waals surface area contributed by atoms with Crippen LogP contribution in [0.3, 0.4) is 0 Å². The first kappa shape index (κ1) is 27.5. The summed E-state index contributed by atoms with van der Waals surface area (Å²) in [6.07, 6.45) is -0.0191. The number of rotatable bonds is 6. The largest absolute Gasteiger partial charge is 0.433 e. The van der Waals surface area contributed by atoms with Gasteiger partial charge < -0.3 is 20.7 Å². The zero-order valence-electron chi connectivity index (χ0n) is 21.2. The van der Waals surface area contributed by atoms with Crippen molar-refractivity contribution in [2.24, 2.45) is 0 Å². The molecule has 3 aromatic heterocycles. The molecule has 1 aliphatic rings. The second-order valence-electron chi connectivity index (χ2n) is 9.71. The first-order valence-electron chi connectivity index (χ1n) is 12.5. The standard InChI is InChI=1S/C27H25F3N6O3S/c1-15-11-16(13-18(12-15)34-25-31-10-7-21(36-25)27(28,29)30)20-14-32-24(40-20)26(39)8-5-17(6-9-26)33-23(38)19-3-2-4-22(37)35-19/h2-4,7,10-14,17,39H,5-6,8-9H2,1H3,(H,33,38)(H,35,37)(H,31,34,36). The summed E-state index contributed by atoms with van der Waals surface area (Å²) in [6, 6.07) is 10.5. The Morgan fingerprint density at radius 2 is 1.93 bits per heavy atom. The summed E-state index contributed by atoms with van der Waals surface area (Å²) >= 11 is 1.34. The summed E-state index contributed by atoms with van der Waals surface area (Å²) in [6.45, 7) is 1.86. The van der Waals surface area contributed by atoms with Gasteiger partial charge in [-0.05, 0) is 68.0 Å². The Morgan fingerprint density at radius 3 is 2.65 bits per heavy atom. The van der Waals surface area contributed by atoms with E-state index in [1.54, 1.807) is 18.3 Å². The first-order chi connectivity index (χ1) is 19.0. The topological polar surface area (TPSA) is 133 Å². The molecule has 13 heteroatoms. The minimum absolute atomic E-state index is 0.153. The SMILES string of the molecule is Cc1cc(Nc2nccc(C(F)(F)F)n2)cc(-c2cnc(C3(O)CCC(NC(=O)c4cccc(=O)[nH]4)CC3)s2)c1. The summed E-state index contributed by atoms with van der Waals surface area (Å²) in [5.41, 5.74) is -0.213. The lowest BCUT2D eigenvalue weighted by atomic mass is 9.82. The molecule has 1 saturated carbocycles. The van der Waals surface area contributed by atoms with Crippen molar-refractivity contribution in [3.8, 4) is 10.4 Å². The maximum atomic E-state index is 13.0. The van der Waals surface area contributed by atoms with Gasteiger partial charge in [-0.1, -0.05) is 12.1 Å². The molecule has 0 saturated heterocycles. The van der Waals surface area contributed by atoms with E-state index in [1.807, 2.05) is 13.0 Å². The third kappa shape index (κ3) is 6.20. The number of halogens is 3. The van der Waals surface area contributed by atoms with Crippen LogP contribution in [0.5, 0.6) is 0 Å². The molecule has 4 aromatic rings. The third-order valence-corrected chi connectivity index (χ3v) is 7.87. The highest BCUT2D eigenvalue weighted by Gasteiger charge is 2.38. The van der Waals surface area contributed by atoms with Gasteiger partial charge >= 0.3 is 6.18 Å². The molecule has 0 spiro atoms. The average molecular weight is 571 g/mol. The molecule has 1 amide bonds. The van der Waals surface area contributed by atoms with Crippen molar-refractivity contribution in [3.63, 3.8) is 0 Å². The summed E-state index contributed by atoms with van der Waals surface area (Å²) in [7, 11) is 0. The fourth-order valence-corrected chi connectivity index (χ4v) is 5.67. The van der Waals surface area contributed by atoms with Crippen LogP contribution in [0.4, 0.5) is 24.8 Å². The molecule has 0 radical (unpaired) electrons. The number of H-pyrrole nitrogens is 1. The summed E-state index contributed by atoms with van der Waals surface area (Å²) in [5.74, 6) is -0.544. The molecular formula is C27H25F3N6O3S. The van der Waals surface area contributed by atoms with Crippen molar-refractivity contribution in [3.05, 3.63) is 87.2 Å². The Hall–Kier alpha value is -4.10. The molecule has 0 aliphatic heterocycles. The number of nitrogens with one attached hydrogen (secondary N) is 3. The number of carbonyl (C=O) groups is 1. The number of aromatic nitrogens is 4. The molecule has 3 heterocycles. The molecule has 0 atom stereocenters. The smallest absolute Gasteiger partial charge is 0.383 e. The van der Waals surface area contributed by atoms with Crippen LogP contribution >= 0.6 is 11.3 Å². The first-order valence-corrected chi connectivity index (χ1v) is 13.3. The maximum absolute atomic E-state index is 13.0. The van der Waals surface area contributed by atoms with Gasteiger partial charge in [0.1, 0.15) is 22.0 Å². The van der Waals surface area contributed by atoms with E-state index in [0.29, 0.717) is 36.4 Å². The van der Waals surface area contributed by atoms with E-state index in [0.717, 1.165) is 28.3 Å². The van der Waals surface area contributed by atoms with E-state index >= 15 is 0 Å². The number of nitrogens with zero attached hydrogens (tertiary/aromatic N) is 3. The molecule has 1 aromatic carbocycles. The Morgan fingerprint density at radius 1 is 1.15 bits per heavy atom. The van der Waals surface area contributed by atoms with Gasteiger partial charge in [-0.15, -0.1) is 11.3 Å². The van der Waals surface area contributed by atoms with Gasteiger partial charge in [0, 0.05) is 30.2 Å². The molecule has 0 unspecified atom stereocenters. The lowest BCUT2D eigenvalue weighted by Gasteiger charge is -2.34. The van der Waals surface area contributed by atoms with Crippen LogP contribution in [-0.4, -0.2) is 37.0 Å². The number of benzene rings is 1. The second-order valence-corrected chi connectivity index (χ2v) is 10.7. The zero-order valence-corrected chi connectivity index (χ0v) is 22.1. The number of thiazole rings is 1. The molecular weight excluding hydrogens is 545 g/mol. The number of amides is 1. The number of carbonyl (C=O) groups excluding carboxylic acids is 1. The van der Waals surface area contributed by atoms with Gasteiger partial charge in [-0.3, -0.25) is 9.59 Å². The maximum Gasteiger partial charge on any atom is 0.433 e. The van der Waals surface area contributed by atoms with Crippen LogP contribution < -0.4 is 16.2 Å². The lowest BCUT2D eigenvalue weighted by Crippen LogP contribution is -2.42. The Kier molecular flexibility index (Phi) is 7.43. The summed E-state index contributed by atoms with van der Waals surface area (Å²) < 4.78 is 39.1.